The van der Waals surface area contributed by atoms with Crippen molar-refractivity contribution in [1.82, 2.24) is 10.3 Å². The molecule has 6 heteroatoms. The van der Waals surface area contributed by atoms with Gasteiger partial charge in [0.15, 0.2) is 6.61 Å². The fourth-order valence-corrected chi connectivity index (χ4v) is 4.05. The molecule has 168 valence electrons. The van der Waals surface area contributed by atoms with Gasteiger partial charge in [-0.2, -0.15) is 0 Å². The molecule has 6 nitrogen and oxygen atoms in total. The summed E-state index contributed by atoms with van der Waals surface area (Å²) in [7, 11) is 1.64. The Balaban J connectivity index is 1.73. The van der Waals surface area contributed by atoms with E-state index in [1.165, 1.54) is 0 Å². The van der Waals surface area contributed by atoms with E-state index in [1.807, 2.05) is 48.5 Å². The molecule has 1 heterocycles. The monoisotopic (exact) mass is 442 g/mol. The van der Waals surface area contributed by atoms with Gasteiger partial charge in [0.05, 0.1) is 23.9 Å². The summed E-state index contributed by atoms with van der Waals surface area (Å²) in [5.74, 6) is -0.0765. The Morgan fingerprint density at radius 1 is 1.12 bits per heavy atom. The van der Waals surface area contributed by atoms with Gasteiger partial charge in [-0.15, -0.1) is 6.58 Å². The normalized spacial score (nSPS) is 13.9. The molecule has 1 aromatic heterocycles. The molecule has 1 N–H and O–H groups in total. The average molecular weight is 443 g/mol. The van der Waals surface area contributed by atoms with Gasteiger partial charge >= 0.3 is 5.97 Å². The maximum absolute atomic E-state index is 13.2. The van der Waals surface area contributed by atoms with Gasteiger partial charge in [0.2, 0.25) is 0 Å². The van der Waals surface area contributed by atoms with E-state index in [2.05, 4.69) is 18.0 Å². The maximum Gasteiger partial charge on any atom is 0.339 e. The number of aromatic nitrogens is 1. The lowest BCUT2D eigenvalue weighted by Crippen LogP contribution is -2.29. The number of carbonyl (C=O) groups is 2. The van der Waals surface area contributed by atoms with E-state index in [0.717, 1.165) is 58.3 Å². The predicted molar refractivity (Wildman–Crippen MR) is 129 cm³/mol. The van der Waals surface area contributed by atoms with Crippen LogP contribution in [-0.2, 0) is 16.0 Å². The van der Waals surface area contributed by atoms with Crippen LogP contribution in [0.2, 0.25) is 0 Å². The van der Waals surface area contributed by atoms with Crippen molar-refractivity contribution in [2.24, 2.45) is 0 Å². The summed E-state index contributed by atoms with van der Waals surface area (Å²) in [5, 5.41) is 3.35. The number of carbonyl (C=O) groups excluding carboxylic acids is 2. The molecule has 0 saturated heterocycles. The maximum atomic E-state index is 13.2. The van der Waals surface area contributed by atoms with Crippen LogP contribution in [0.4, 0.5) is 0 Å². The first-order valence-electron chi connectivity index (χ1n) is 10.9. The van der Waals surface area contributed by atoms with Gasteiger partial charge in [-0.25, -0.2) is 9.78 Å². The molecule has 0 spiro atoms. The number of esters is 1. The highest BCUT2D eigenvalue weighted by Gasteiger charge is 2.26. The Morgan fingerprint density at radius 2 is 1.91 bits per heavy atom. The molecule has 1 amide bonds. The van der Waals surface area contributed by atoms with Gasteiger partial charge in [0, 0.05) is 11.9 Å². The summed E-state index contributed by atoms with van der Waals surface area (Å²) in [6.07, 6.45) is 6.17. The van der Waals surface area contributed by atoms with Gasteiger partial charge < -0.3 is 14.8 Å². The zero-order valence-electron chi connectivity index (χ0n) is 18.6. The smallest absolute Gasteiger partial charge is 0.339 e. The van der Waals surface area contributed by atoms with Crippen LogP contribution in [0.5, 0.6) is 5.75 Å². The van der Waals surface area contributed by atoms with Crippen LogP contribution in [-0.4, -0.2) is 37.1 Å². The molecule has 0 fully saturated rings. The number of hydrogen-bond acceptors (Lipinski definition) is 5. The minimum atomic E-state index is -0.510. The first-order valence-corrected chi connectivity index (χ1v) is 10.9. The molecule has 0 aliphatic heterocycles. The lowest BCUT2D eigenvalue weighted by atomic mass is 9.86. The number of benzene rings is 2. The lowest BCUT2D eigenvalue weighted by molar-refractivity contribution is -0.124. The lowest BCUT2D eigenvalue weighted by Gasteiger charge is -2.22. The molecule has 0 atom stereocenters. The van der Waals surface area contributed by atoms with Crippen molar-refractivity contribution in [3.63, 3.8) is 0 Å². The van der Waals surface area contributed by atoms with E-state index in [4.69, 9.17) is 14.5 Å². The molecule has 0 radical (unpaired) electrons. The van der Waals surface area contributed by atoms with Gasteiger partial charge in [-0.1, -0.05) is 36.4 Å². The number of para-hydroxylation sites is 1. The minimum absolute atomic E-state index is 0.323. The summed E-state index contributed by atoms with van der Waals surface area (Å²) >= 11 is 0. The van der Waals surface area contributed by atoms with E-state index in [0.29, 0.717) is 12.1 Å². The predicted octanol–water partition coefficient (Wildman–Crippen LogP) is 4.58. The van der Waals surface area contributed by atoms with E-state index in [1.54, 1.807) is 13.2 Å². The van der Waals surface area contributed by atoms with E-state index in [9.17, 15) is 9.59 Å². The number of rotatable bonds is 7. The van der Waals surface area contributed by atoms with Crippen molar-refractivity contribution in [2.75, 3.05) is 20.3 Å². The van der Waals surface area contributed by atoms with Gasteiger partial charge in [-0.3, -0.25) is 4.79 Å². The summed E-state index contributed by atoms with van der Waals surface area (Å²) in [5.41, 5.74) is 5.02. The van der Waals surface area contributed by atoms with Crippen molar-refractivity contribution < 1.29 is 19.1 Å². The Hall–Kier alpha value is -3.93. The molecule has 0 saturated carbocycles. The molecule has 0 unspecified atom stereocenters. The van der Waals surface area contributed by atoms with E-state index < -0.39 is 5.97 Å². The van der Waals surface area contributed by atoms with Crippen LogP contribution >= 0.6 is 0 Å². The molecule has 33 heavy (non-hydrogen) atoms. The molecular formula is C27H26N2O4. The zero-order chi connectivity index (χ0) is 23.2. The Kier molecular flexibility index (Phi) is 6.83. The number of amides is 1. The molecule has 0 bridgehead atoms. The SMILES string of the molecule is C=CCNC(=O)COC(=O)c1c2c(nc3ccccc13)C(=Cc1ccc(OC)cc1)CCC2. The summed E-state index contributed by atoms with van der Waals surface area (Å²) < 4.78 is 10.6. The fourth-order valence-electron chi connectivity index (χ4n) is 4.05. The quantitative estimate of drug-likeness (QED) is 0.428. The van der Waals surface area contributed by atoms with Crippen LogP contribution < -0.4 is 10.1 Å². The molecule has 3 aromatic rings. The van der Waals surface area contributed by atoms with Gasteiger partial charge in [0.25, 0.3) is 5.91 Å². The van der Waals surface area contributed by atoms with Crippen molar-refractivity contribution in [3.8, 4) is 5.75 Å². The van der Waals surface area contributed by atoms with Crippen LogP contribution in [0.15, 0.2) is 61.2 Å². The second-order valence-corrected chi connectivity index (χ2v) is 7.80. The molecule has 4 rings (SSSR count). The number of methoxy groups -OCH3 is 1. The third kappa shape index (κ3) is 4.95. The Bertz CT molecular complexity index is 1230. The van der Waals surface area contributed by atoms with Crippen molar-refractivity contribution >= 4 is 34.4 Å². The highest BCUT2D eigenvalue weighted by Crippen LogP contribution is 2.36. The highest BCUT2D eigenvalue weighted by molar-refractivity contribution is 6.07. The van der Waals surface area contributed by atoms with Crippen molar-refractivity contribution in [1.29, 1.82) is 0 Å². The number of nitrogens with zero attached hydrogens (tertiary/aromatic N) is 1. The number of allylic oxidation sites excluding steroid dienone is 1. The van der Waals surface area contributed by atoms with Crippen molar-refractivity contribution in [3.05, 3.63) is 83.6 Å². The third-order valence-corrected chi connectivity index (χ3v) is 5.61. The first kappa shape index (κ1) is 22.3. The van der Waals surface area contributed by atoms with E-state index in [-0.39, 0.29) is 12.5 Å². The first-order chi connectivity index (χ1) is 16.1. The van der Waals surface area contributed by atoms with Crippen LogP contribution in [0.3, 0.4) is 0 Å². The number of pyridine rings is 1. The van der Waals surface area contributed by atoms with Crippen LogP contribution in [0, 0.1) is 0 Å². The topological polar surface area (TPSA) is 77.5 Å². The third-order valence-electron chi connectivity index (χ3n) is 5.61. The highest BCUT2D eigenvalue weighted by atomic mass is 16.5. The molecule has 1 aliphatic carbocycles. The van der Waals surface area contributed by atoms with Gasteiger partial charge in [-0.05, 0) is 60.2 Å². The number of fused-ring (bicyclic) bond motifs is 2. The molecule has 2 aromatic carbocycles. The zero-order valence-corrected chi connectivity index (χ0v) is 18.6. The van der Waals surface area contributed by atoms with Crippen molar-refractivity contribution in [2.45, 2.75) is 19.3 Å². The minimum Gasteiger partial charge on any atom is -0.497 e. The standard InChI is InChI=1S/C27H26N2O4/c1-3-15-28-24(30)17-33-27(31)25-21-8-4-5-10-23(21)29-26-19(7-6-9-22(25)26)16-18-11-13-20(32-2)14-12-18/h3-5,8,10-14,16H,1,6-7,9,15,17H2,2H3,(H,28,30). The summed E-state index contributed by atoms with van der Waals surface area (Å²) in [6.45, 7) is 3.54. The Labute approximate surface area is 192 Å². The van der Waals surface area contributed by atoms with E-state index >= 15 is 0 Å². The number of hydrogen-bond donors (Lipinski definition) is 1. The largest absolute Gasteiger partial charge is 0.497 e. The second-order valence-electron chi connectivity index (χ2n) is 7.80. The number of ether oxygens (including phenoxy) is 2. The molecule has 1 aliphatic rings. The van der Waals surface area contributed by atoms with Crippen LogP contribution in [0.1, 0.15) is 40.0 Å². The van der Waals surface area contributed by atoms with Gasteiger partial charge in [0.1, 0.15) is 5.75 Å². The van der Waals surface area contributed by atoms with Crippen LogP contribution in [0.25, 0.3) is 22.6 Å². The second kappa shape index (κ2) is 10.1. The average Bonchev–Trinajstić information content (AvgIpc) is 2.85. The Morgan fingerprint density at radius 3 is 2.67 bits per heavy atom. The molecular weight excluding hydrogens is 416 g/mol. The summed E-state index contributed by atoms with van der Waals surface area (Å²) in [4.78, 5) is 30.0. The fraction of sp³-hybridized carbons (Fsp3) is 0.222. The number of nitrogens with one attached hydrogen (secondary N) is 1. The summed E-state index contributed by atoms with van der Waals surface area (Å²) in [6, 6.07) is 15.4.